The number of hydrogen-bond acceptors (Lipinski definition) is 8. The molecule has 0 fully saturated rings. The fourth-order valence-corrected chi connectivity index (χ4v) is 5.75. The maximum atomic E-state index is 11.8. The van der Waals surface area contributed by atoms with Crippen LogP contribution in [0.5, 0.6) is 11.5 Å². The molecule has 0 aliphatic heterocycles. The van der Waals surface area contributed by atoms with Gasteiger partial charge in [0.2, 0.25) is 0 Å². The van der Waals surface area contributed by atoms with E-state index in [0.29, 0.717) is 38.8 Å². The Morgan fingerprint density at radius 2 is 1.60 bits per heavy atom. The molecule has 5 rings (SSSR count). The number of carbonyl (C=O) groups excluding carboxylic acids is 1. The lowest BCUT2D eigenvalue weighted by Gasteiger charge is -2.25. The summed E-state index contributed by atoms with van der Waals surface area (Å²) in [5, 5.41) is 31.8. The zero-order valence-electron chi connectivity index (χ0n) is 27.9. The Morgan fingerprint density at radius 1 is 0.920 bits per heavy atom. The molecular weight excluding hydrogens is 654 g/mol. The third kappa shape index (κ3) is 8.01. The summed E-state index contributed by atoms with van der Waals surface area (Å²) < 4.78 is 12.4. The van der Waals surface area contributed by atoms with Gasteiger partial charge >= 0.3 is 5.97 Å². The van der Waals surface area contributed by atoms with Crippen LogP contribution in [0.15, 0.2) is 91.3 Å². The molecule has 0 saturated carbocycles. The molecule has 0 bridgehead atoms. The number of carboxylic acid groups (broad SMARTS) is 1. The Bertz CT molecular complexity index is 2080. The first-order valence-corrected chi connectivity index (χ1v) is 16.2. The minimum Gasteiger partial charge on any atom is -0.488 e. The standard InChI is InChI=1S/C40H36ClN3O6/c1-25-31(6-4-8-34(25)35-9-5-7-33(26(35)2)30-12-10-27(21-45)11-13-30)23-50-38-16-37(49-22-29-14-28(17-42)18-43-19-29)32(15-36(38)41)20-44-40(3,24-46)39(47)48/h4-16,18-19,21,44,46H,20,22-24H2,1-3H3,(H,47,48)/t40-/m0/s1. The number of pyridine rings is 1. The molecule has 1 heterocycles. The van der Waals surface area contributed by atoms with E-state index in [4.69, 9.17) is 21.1 Å². The zero-order chi connectivity index (χ0) is 35.8. The van der Waals surface area contributed by atoms with Crippen LogP contribution in [0.1, 0.15) is 50.7 Å². The number of aliphatic hydroxyl groups is 1. The normalized spacial score (nSPS) is 12.1. The molecular formula is C40H36ClN3O6. The highest BCUT2D eigenvalue weighted by Gasteiger charge is 2.32. The highest BCUT2D eigenvalue weighted by Crippen LogP contribution is 2.37. The summed E-state index contributed by atoms with van der Waals surface area (Å²) in [5.74, 6) is -0.469. The Labute approximate surface area is 295 Å². The van der Waals surface area contributed by atoms with Crippen molar-refractivity contribution in [3.8, 4) is 39.8 Å². The van der Waals surface area contributed by atoms with Gasteiger partial charge in [-0.05, 0) is 71.8 Å². The lowest BCUT2D eigenvalue weighted by molar-refractivity contribution is -0.145. The number of ether oxygens (including phenoxy) is 2. The molecule has 4 aromatic carbocycles. The summed E-state index contributed by atoms with van der Waals surface area (Å²) in [4.78, 5) is 27.0. The second-order valence-electron chi connectivity index (χ2n) is 12.1. The van der Waals surface area contributed by atoms with Crippen molar-refractivity contribution in [2.75, 3.05) is 6.61 Å². The Kier molecular flexibility index (Phi) is 11.3. The predicted molar refractivity (Wildman–Crippen MR) is 191 cm³/mol. The topological polar surface area (TPSA) is 142 Å². The van der Waals surface area contributed by atoms with Crippen molar-refractivity contribution in [1.29, 1.82) is 5.26 Å². The largest absolute Gasteiger partial charge is 0.488 e. The van der Waals surface area contributed by atoms with Crippen LogP contribution in [-0.4, -0.2) is 39.6 Å². The number of nitriles is 1. The van der Waals surface area contributed by atoms with E-state index in [1.165, 1.54) is 13.1 Å². The van der Waals surface area contributed by atoms with E-state index >= 15 is 0 Å². The summed E-state index contributed by atoms with van der Waals surface area (Å²) in [5.41, 5.74) is 7.97. The number of aldehydes is 1. The fraction of sp³-hybridized carbons (Fsp3) is 0.200. The van der Waals surface area contributed by atoms with Gasteiger partial charge in [-0.15, -0.1) is 0 Å². The van der Waals surface area contributed by atoms with E-state index in [1.54, 1.807) is 24.4 Å². The summed E-state index contributed by atoms with van der Waals surface area (Å²) in [6.07, 6.45) is 3.88. The highest BCUT2D eigenvalue weighted by molar-refractivity contribution is 6.32. The van der Waals surface area contributed by atoms with Crippen LogP contribution >= 0.6 is 11.6 Å². The van der Waals surface area contributed by atoms with Gasteiger partial charge in [-0.25, -0.2) is 0 Å². The molecule has 3 N–H and O–H groups in total. The maximum absolute atomic E-state index is 11.8. The number of aromatic nitrogens is 1. The van der Waals surface area contributed by atoms with Gasteiger partial charge < -0.3 is 19.7 Å². The minimum atomic E-state index is -1.59. The quantitative estimate of drug-likeness (QED) is 0.101. The van der Waals surface area contributed by atoms with Gasteiger partial charge in [0, 0.05) is 41.7 Å². The second kappa shape index (κ2) is 15.8. The number of carbonyl (C=O) groups is 2. The Morgan fingerprint density at radius 3 is 2.28 bits per heavy atom. The first kappa shape index (κ1) is 35.8. The summed E-state index contributed by atoms with van der Waals surface area (Å²) in [7, 11) is 0. The van der Waals surface area contributed by atoms with E-state index in [-0.39, 0.29) is 19.8 Å². The summed E-state index contributed by atoms with van der Waals surface area (Å²) in [6.45, 7) is 5.20. The predicted octanol–water partition coefficient (Wildman–Crippen LogP) is 7.45. The Balaban J connectivity index is 1.42. The van der Waals surface area contributed by atoms with E-state index in [2.05, 4.69) is 41.5 Å². The van der Waals surface area contributed by atoms with E-state index in [0.717, 1.165) is 45.2 Å². The molecule has 0 aliphatic rings. The number of nitrogens with zero attached hydrogens (tertiary/aromatic N) is 2. The molecule has 1 atom stereocenters. The van der Waals surface area contributed by atoms with E-state index < -0.39 is 18.1 Å². The molecule has 5 aromatic rings. The van der Waals surface area contributed by atoms with Crippen LogP contribution in [0, 0.1) is 25.2 Å². The molecule has 0 saturated heterocycles. The van der Waals surface area contributed by atoms with Crippen LogP contribution < -0.4 is 14.8 Å². The zero-order valence-corrected chi connectivity index (χ0v) is 28.6. The Hall–Kier alpha value is -5.53. The lowest BCUT2D eigenvalue weighted by atomic mass is 9.89. The summed E-state index contributed by atoms with van der Waals surface area (Å²) >= 11 is 6.71. The maximum Gasteiger partial charge on any atom is 0.326 e. The smallest absolute Gasteiger partial charge is 0.326 e. The number of aliphatic carboxylic acids is 1. The molecule has 1 aromatic heterocycles. The average molecular weight is 690 g/mol. The van der Waals surface area contributed by atoms with Crippen LogP contribution in [-0.2, 0) is 24.6 Å². The third-order valence-electron chi connectivity index (χ3n) is 8.70. The van der Waals surface area contributed by atoms with Crippen molar-refractivity contribution < 1.29 is 29.3 Å². The number of carboxylic acids is 1. The molecule has 0 radical (unpaired) electrons. The van der Waals surface area contributed by atoms with Crippen molar-refractivity contribution in [1.82, 2.24) is 10.3 Å². The van der Waals surface area contributed by atoms with Crippen molar-refractivity contribution >= 4 is 23.9 Å². The van der Waals surface area contributed by atoms with Crippen LogP contribution in [0.2, 0.25) is 5.02 Å². The van der Waals surface area contributed by atoms with Gasteiger partial charge in [0.05, 0.1) is 17.2 Å². The molecule has 10 heteroatoms. The lowest BCUT2D eigenvalue weighted by Crippen LogP contribution is -2.52. The SMILES string of the molecule is Cc1c(COc2cc(OCc3cncc(C#N)c3)c(CN[C@@](C)(CO)C(=O)O)cc2Cl)cccc1-c1cccc(-c2ccc(C=O)cc2)c1C. The third-order valence-corrected chi connectivity index (χ3v) is 9.00. The van der Waals surface area contributed by atoms with Crippen LogP contribution in [0.25, 0.3) is 22.3 Å². The monoisotopic (exact) mass is 689 g/mol. The van der Waals surface area contributed by atoms with Gasteiger partial charge in [0.25, 0.3) is 0 Å². The first-order valence-electron chi connectivity index (χ1n) is 15.8. The van der Waals surface area contributed by atoms with Crippen molar-refractivity contribution in [2.45, 2.75) is 46.1 Å². The molecule has 50 heavy (non-hydrogen) atoms. The fourth-order valence-electron chi connectivity index (χ4n) is 5.51. The number of nitrogens with one attached hydrogen (secondary N) is 1. The molecule has 0 spiro atoms. The van der Waals surface area contributed by atoms with Crippen LogP contribution in [0.4, 0.5) is 0 Å². The molecule has 254 valence electrons. The average Bonchev–Trinajstić information content (AvgIpc) is 3.13. The number of rotatable bonds is 14. The van der Waals surface area contributed by atoms with E-state index in [1.807, 2.05) is 49.4 Å². The summed E-state index contributed by atoms with van der Waals surface area (Å²) in [6, 6.07) is 26.8. The van der Waals surface area contributed by atoms with Gasteiger partial charge in [-0.2, -0.15) is 5.26 Å². The van der Waals surface area contributed by atoms with Crippen molar-refractivity contribution in [3.63, 3.8) is 0 Å². The molecule has 0 amide bonds. The molecule has 0 unspecified atom stereocenters. The van der Waals surface area contributed by atoms with Crippen molar-refractivity contribution in [2.24, 2.45) is 0 Å². The van der Waals surface area contributed by atoms with Gasteiger partial charge in [-0.3, -0.25) is 19.9 Å². The molecule has 9 nitrogen and oxygen atoms in total. The van der Waals surface area contributed by atoms with E-state index in [9.17, 15) is 25.1 Å². The second-order valence-corrected chi connectivity index (χ2v) is 12.5. The first-order chi connectivity index (χ1) is 24.1. The highest BCUT2D eigenvalue weighted by atomic mass is 35.5. The van der Waals surface area contributed by atoms with Gasteiger partial charge in [-0.1, -0.05) is 72.3 Å². The number of halogens is 1. The van der Waals surface area contributed by atoms with Crippen LogP contribution in [0.3, 0.4) is 0 Å². The molecule has 0 aliphatic carbocycles. The van der Waals surface area contributed by atoms with Crippen molar-refractivity contribution in [3.05, 3.63) is 135 Å². The number of benzene rings is 4. The number of hydrogen-bond donors (Lipinski definition) is 3. The van der Waals surface area contributed by atoms with Gasteiger partial charge in [0.1, 0.15) is 42.6 Å². The van der Waals surface area contributed by atoms with Gasteiger partial charge in [0.15, 0.2) is 0 Å². The number of aliphatic hydroxyl groups excluding tert-OH is 1. The minimum absolute atomic E-state index is 0.0238.